The minimum absolute atomic E-state index is 0.327. The summed E-state index contributed by atoms with van der Waals surface area (Å²) in [6.07, 6.45) is -0.327. The van der Waals surface area contributed by atoms with Gasteiger partial charge in [0.2, 0.25) is 0 Å². The minimum Gasteiger partial charge on any atom is -0.453 e. The maximum atomic E-state index is 11.5. The predicted molar refractivity (Wildman–Crippen MR) is 64.1 cm³/mol. The summed E-state index contributed by atoms with van der Waals surface area (Å²) in [4.78, 5) is 13.1. The van der Waals surface area contributed by atoms with Gasteiger partial charge in [-0.3, -0.25) is 4.90 Å². The summed E-state index contributed by atoms with van der Waals surface area (Å²) in [5.74, 6) is 0. The third-order valence-electron chi connectivity index (χ3n) is 2.11. The number of amides is 1. The van der Waals surface area contributed by atoms with Gasteiger partial charge in [0, 0.05) is 13.1 Å². The summed E-state index contributed by atoms with van der Waals surface area (Å²) >= 11 is 0. The molecule has 0 atom stereocenters. The van der Waals surface area contributed by atoms with Crippen molar-refractivity contribution in [1.29, 1.82) is 0 Å². The van der Waals surface area contributed by atoms with E-state index in [4.69, 9.17) is 4.74 Å². The van der Waals surface area contributed by atoms with E-state index < -0.39 is 0 Å². The van der Waals surface area contributed by atoms with Crippen LogP contribution in [0.5, 0.6) is 0 Å². The molecule has 0 heterocycles. The zero-order valence-corrected chi connectivity index (χ0v) is 9.77. The monoisotopic (exact) mass is 219 g/mol. The van der Waals surface area contributed by atoms with Gasteiger partial charge in [-0.1, -0.05) is 42.5 Å². The summed E-state index contributed by atoms with van der Waals surface area (Å²) < 4.78 is 4.73. The van der Waals surface area contributed by atoms with Gasteiger partial charge >= 0.3 is 6.09 Å². The molecule has 3 heteroatoms. The first-order chi connectivity index (χ1) is 7.63. The fourth-order valence-corrected chi connectivity index (χ4v) is 1.44. The molecule has 0 saturated carbocycles. The molecular formula is C13H17NO2. The maximum absolute atomic E-state index is 11.5. The molecule has 0 unspecified atom stereocenters. The van der Waals surface area contributed by atoms with Crippen molar-refractivity contribution in [2.24, 2.45) is 0 Å². The quantitative estimate of drug-likeness (QED) is 0.729. The lowest BCUT2D eigenvalue weighted by atomic mass is 10.2. The van der Waals surface area contributed by atoms with E-state index in [1.54, 1.807) is 4.90 Å². The van der Waals surface area contributed by atoms with Gasteiger partial charge in [0.15, 0.2) is 0 Å². The lowest BCUT2D eigenvalue weighted by Crippen LogP contribution is -2.31. The van der Waals surface area contributed by atoms with E-state index in [2.05, 4.69) is 6.58 Å². The van der Waals surface area contributed by atoms with Crippen LogP contribution >= 0.6 is 0 Å². The highest BCUT2D eigenvalue weighted by Crippen LogP contribution is 2.07. The Hall–Kier alpha value is -1.77. The summed E-state index contributed by atoms with van der Waals surface area (Å²) in [7, 11) is 1.39. The van der Waals surface area contributed by atoms with Gasteiger partial charge < -0.3 is 4.74 Å². The highest BCUT2D eigenvalue weighted by Gasteiger charge is 2.13. The first kappa shape index (κ1) is 12.3. The lowest BCUT2D eigenvalue weighted by Gasteiger charge is -2.21. The van der Waals surface area contributed by atoms with Crippen molar-refractivity contribution >= 4 is 6.09 Å². The summed E-state index contributed by atoms with van der Waals surface area (Å²) in [6, 6.07) is 9.81. The average Bonchev–Trinajstić information content (AvgIpc) is 2.28. The van der Waals surface area contributed by atoms with Crippen molar-refractivity contribution in [3.8, 4) is 0 Å². The standard InChI is InChI=1S/C13H17NO2/c1-11(2)9-14(13(15)16-3)10-12-7-5-4-6-8-12/h4-8H,1,9-10H2,2-3H3. The Morgan fingerprint density at radius 2 is 2.00 bits per heavy atom. The van der Waals surface area contributed by atoms with Crippen LogP contribution in [0.2, 0.25) is 0 Å². The maximum Gasteiger partial charge on any atom is 0.410 e. The van der Waals surface area contributed by atoms with Gasteiger partial charge in [-0.25, -0.2) is 4.79 Å². The zero-order chi connectivity index (χ0) is 12.0. The normalized spacial score (nSPS) is 9.62. The predicted octanol–water partition coefficient (Wildman–Crippen LogP) is 2.83. The Morgan fingerprint density at radius 3 is 2.50 bits per heavy atom. The molecular weight excluding hydrogens is 202 g/mol. The van der Waals surface area contributed by atoms with E-state index in [1.807, 2.05) is 37.3 Å². The second kappa shape index (κ2) is 5.95. The van der Waals surface area contributed by atoms with Crippen LogP contribution in [0.3, 0.4) is 0 Å². The van der Waals surface area contributed by atoms with Gasteiger partial charge in [0.25, 0.3) is 0 Å². The van der Waals surface area contributed by atoms with Crippen molar-refractivity contribution in [3.63, 3.8) is 0 Å². The first-order valence-electron chi connectivity index (χ1n) is 5.14. The molecule has 0 saturated heterocycles. The number of hydrogen-bond acceptors (Lipinski definition) is 2. The van der Waals surface area contributed by atoms with Gasteiger partial charge in [-0.05, 0) is 12.5 Å². The van der Waals surface area contributed by atoms with Crippen molar-refractivity contribution in [1.82, 2.24) is 4.90 Å². The minimum atomic E-state index is -0.327. The summed E-state index contributed by atoms with van der Waals surface area (Å²) in [5.41, 5.74) is 2.01. The number of hydrogen-bond donors (Lipinski definition) is 0. The third kappa shape index (κ3) is 3.77. The van der Waals surface area contributed by atoms with Crippen LogP contribution in [-0.4, -0.2) is 24.6 Å². The molecule has 3 nitrogen and oxygen atoms in total. The molecule has 0 aliphatic heterocycles. The van der Waals surface area contributed by atoms with Crippen LogP contribution in [0.15, 0.2) is 42.5 Å². The number of rotatable bonds is 4. The van der Waals surface area contributed by atoms with Crippen molar-refractivity contribution in [2.45, 2.75) is 13.5 Å². The van der Waals surface area contributed by atoms with Crippen LogP contribution in [0.4, 0.5) is 4.79 Å². The molecule has 0 bridgehead atoms. The fraction of sp³-hybridized carbons (Fsp3) is 0.308. The molecule has 0 radical (unpaired) electrons. The molecule has 1 aromatic rings. The number of methoxy groups -OCH3 is 1. The number of nitrogens with zero attached hydrogens (tertiary/aromatic N) is 1. The van der Waals surface area contributed by atoms with Crippen LogP contribution in [-0.2, 0) is 11.3 Å². The van der Waals surface area contributed by atoms with Gasteiger partial charge in [0.1, 0.15) is 0 Å². The topological polar surface area (TPSA) is 29.5 Å². The molecule has 0 spiro atoms. The second-order valence-electron chi connectivity index (χ2n) is 3.77. The molecule has 0 aliphatic carbocycles. The Balaban J connectivity index is 2.70. The van der Waals surface area contributed by atoms with Crippen LogP contribution in [0.1, 0.15) is 12.5 Å². The highest BCUT2D eigenvalue weighted by molar-refractivity contribution is 5.67. The number of ether oxygens (including phenoxy) is 1. The molecule has 1 aromatic carbocycles. The molecule has 86 valence electrons. The number of carbonyl (C=O) groups excluding carboxylic acids is 1. The van der Waals surface area contributed by atoms with E-state index in [-0.39, 0.29) is 6.09 Å². The van der Waals surface area contributed by atoms with E-state index >= 15 is 0 Å². The van der Waals surface area contributed by atoms with Gasteiger partial charge in [-0.2, -0.15) is 0 Å². The molecule has 0 N–H and O–H groups in total. The molecule has 1 rings (SSSR count). The van der Waals surface area contributed by atoms with E-state index in [0.717, 1.165) is 11.1 Å². The van der Waals surface area contributed by atoms with E-state index in [0.29, 0.717) is 13.1 Å². The van der Waals surface area contributed by atoms with Gasteiger partial charge in [0.05, 0.1) is 7.11 Å². The Kier molecular flexibility index (Phi) is 4.58. The molecule has 0 fully saturated rings. The molecule has 16 heavy (non-hydrogen) atoms. The number of benzene rings is 1. The SMILES string of the molecule is C=C(C)CN(Cc1ccccc1)C(=O)OC. The highest BCUT2D eigenvalue weighted by atomic mass is 16.5. The Labute approximate surface area is 96.3 Å². The van der Waals surface area contributed by atoms with E-state index in [9.17, 15) is 4.79 Å². The lowest BCUT2D eigenvalue weighted by molar-refractivity contribution is 0.124. The largest absolute Gasteiger partial charge is 0.453 e. The van der Waals surface area contributed by atoms with Crippen LogP contribution < -0.4 is 0 Å². The van der Waals surface area contributed by atoms with E-state index in [1.165, 1.54) is 7.11 Å². The first-order valence-corrected chi connectivity index (χ1v) is 5.14. The fourth-order valence-electron chi connectivity index (χ4n) is 1.44. The smallest absolute Gasteiger partial charge is 0.410 e. The van der Waals surface area contributed by atoms with Crippen molar-refractivity contribution < 1.29 is 9.53 Å². The zero-order valence-electron chi connectivity index (χ0n) is 9.77. The van der Waals surface area contributed by atoms with Crippen molar-refractivity contribution in [2.75, 3.05) is 13.7 Å². The number of carbonyl (C=O) groups is 1. The third-order valence-corrected chi connectivity index (χ3v) is 2.11. The molecule has 0 aromatic heterocycles. The average molecular weight is 219 g/mol. The molecule has 0 aliphatic rings. The Bertz CT molecular complexity index is 359. The van der Waals surface area contributed by atoms with Crippen LogP contribution in [0, 0.1) is 0 Å². The molecule has 1 amide bonds. The Morgan fingerprint density at radius 1 is 1.38 bits per heavy atom. The summed E-state index contributed by atoms with van der Waals surface area (Å²) in [6.45, 7) is 6.75. The van der Waals surface area contributed by atoms with Crippen LogP contribution in [0.25, 0.3) is 0 Å². The second-order valence-corrected chi connectivity index (χ2v) is 3.77. The van der Waals surface area contributed by atoms with Crippen molar-refractivity contribution in [3.05, 3.63) is 48.0 Å². The summed E-state index contributed by atoms with van der Waals surface area (Å²) in [5, 5.41) is 0. The van der Waals surface area contributed by atoms with Gasteiger partial charge in [-0.15, -0.1) is 0 Å².